The summed E-state index contributed by atoms with van der Waals surface area (Å²) in [7, 11) is 0. The Balaban J connectivity index is 0. The molecular weight excluding hydrogens is 690 g/mol. The summed E-state index contributed by atoms with van der Waals surface area (Å²) < 4.78 is 10.8. The van der Waals surface area contributed by atoms with Gasteiger partial charge in [-0.15, -0.1) is 0 Å². The van der Waals surface area contributed by atoms with Crippen molar-refractivity contribution in [2.45, 2.75) is 202 Å². The van der Waals surface area contributed by atoms with E-state index in [1.165, 1.54) is 109 Å². The van der Waals surface area contributed by atoms with Crippen molar-refractivity contribution >= 4 is 17.9 Å². The van der Waals surface area contributed by atoms with Crippen LogP contribution in [0.3, 0.4) is 0 Å². The first-order valence-electron chi connectivity index (χ1n) is 20.8. The molecule has 0 aliphatic heterocycles. The Bertz CT molecular complexity index is 894. The quantitative estimate of drug-likeness (QED) is 0.0446. The molecule has 0 aliphatic rings. The molecule has 0 amide bonds. The second kappa shape index (κ2) is 38.0. The number of unbranched alkanes of at least 4 members (excludes halogenated alkanes) is 20. The Kier molecular flexibility index (Phi) is 38.3. The maximum absolute atomic E-state index is 12.4. The Hall–Kier alpha value is -1.75. The van der Waals surface area contributed by atoms with E-state index in [9.17, 15) is 14.4 Å². The third kappa shape index (κ3) is 35.1. The molecule has 1 aromatic rings. The maximum Gasteiger partial charge on any atom is 0.339 e. The summed E-state index contributed by atoms with van der Waals surface area (Å²) in [5.74, 6) is -0.0653. The van der Waals surface area contributed by atoms with Crippen LogP contribution in [0.15, 0.2) is 24.3 Å². The molecule has 1 rings (SSSR count). The molecule has 7 heteroatoms. The summed E-state index contributed by atoms with van der Waals surface area (Å²) in [6.07, 6.45) is 31.3. The predicted octanol–water partition coefficient (Wildman–Crippen LogP) is 13.5. The molecule has 0 aliphatic carbocycles. The number of esters is 2. The Labute approximate surface area is 327 Å². The normalized spacial score (nSPS) is 10.8. The van der Waals surface area contributed by atoms with Gasteiger partial charge in [-0.1, -0.05) is 188 Å². The molecular formula is C44H78O6Zn. The molecule has 6 nitrogen and oxygen atoms in total. The zero-order valence-corrected chi connectivity index (χ0v) is 36.9. The minimum atomic E-state index is -0.653. The van der Waals surface area contributed by atoms with Gasteiger partial charge >= 0.3 is 17.9 Å². The van der Waals surface area contributed by atoms with Gasteiger partial charge in [0.05, 0.1) is 24.3 Å². The summed E-state index contributed by atoms with van der Waals surface area (Å²) in [6, 6.07) is 6.75. The number of carboxylic acid groups (broad SMARTS) is 1. The van der Waals surface area contributed by atoms with Crippen molar-refractivity contribution in [2.75, 3.05) is 13.2 Å². The van der Waals surface area contributed by atoms with Gasteiger partial charge in [0.1, 0.15) is 0 Å². The first-order chi connectivity index (χ1) is 24.2. The number of carbonyl (C=O) groups excluding carboxylic acids is 2. The molecule has 0 heterocycles. The fraction of sp³-hybridized carbons (Fsp3) is 0.795. The average molecular weight is 768 g/mol. The largest absolute Gasteiger partial charge is 0.481 e. The van der Waals surface area contributed by atoms with Gasteiger partial charge in [-0.25, -0.2) is 9.59 Å². The number of hydrogen-bond acceptors (Lipinski definition) is 5. The molecule has 0 radical (unpaired) electrons. The molecule has 51 heavy (non-hydrogen) atoms. The van der Waals surface area contributed by atoms with E-state index in [4.69, 9.17) is 14.6 Å². The first-order valence-corrected chi connectivity index (χ1v) is 20.8. The zero-order valence-electron chi connectivity index (χ0n) is 34.0. The number of ether oxygens (including phenoxy) is 2. The second-order valence-electron chi connectivity index (χ2n) is 15.1. The van der Waals surface area contributed by atoms with Gasteiger partial charge in [-0.05, 0) is 43.2 Å². The van der Waals surface area contributed by atoms with Crippen LogP contribution < -0.4 is 0 Å². The van der Waals surface area contributed by atoms with Gasteiger partial charge in [0, 0.05) is 25.9 Å². The van der Waals surface area contributed by atoms with Crippen LogP contribution in [0.1, 0.15) is 222 Å². The van der Waals surface area contributed by atoms with Crippen molar-refractivity contribution in [2.24, 2.45) is 11.8 Å². The topological polar surface area (TPSA) is 89.9 Å². The molecule has 0 saturated carbocycles. The Morgan fingerprint density at radius 2 is 0.824 bits per heavy atom. The van der Waals surface area contributed by atoms with E-state index in [0.29, 0.717) is 30.8 Å². The summed E-state index contributed by atoms with van der Waals surface area (Å²) in [4.78, 5) is 35.2. The van der Waals surface area contributed by atoms with Gasteiger partial charge in [0.25, 0.3) is 0 Å². The van der Waals surface area contributed by atoms with E-state index < -0.39 is 17.9 Å². The molecule has 1 N–H and O–H groups in total. The van der Waals surface area contributed by atoms with Crippen LogP contribution in [0.25, 0.3) is 0 Å². The van der Waals surface area contributed by atoms with E-state index in [2.05, 4.69) is 34.6 Å². The van der Waals surface area contributed by atoms with Crippen molar-refractivity contribution in [1.29, 1.82) is 0 Å². The van der Waals surface area contributed by atoms with Crippen molar-refractivity contribution in [3.63, 3.8) is 0 Å². The Morgan fingerprint density at radius 1 is 0.510 bits per heavy atom. The molecule has 0 spiro atoms. The van der Waals surface area contributed by atoms with Crippen LogP contribution >= 0.6 is 0 Å². The molecule has 0 unspecified atom stereocenters. The summed E-state index contributed by atoms with van der Waals surface area (Å²) in [6.45, 7) is 12.0. The smallest absolute Gasteiger partial charge is 0.339 e. The summed E-state index contributed by atoms with van der Waals surface area (Å²) in [5, 5.41) is 8.52. The molecule has 0 bridgehead atoms. The second-order valence-corrected chi connectivity index (χ2v) is 15.1. The van der Waals surface area contributed by atoms with Gasteiger partial charge in [0.15, 0.2) is 0 Å². The van der Waals surface area contributed by atoms with Gasteiger partial charge < -0.3 is 14.6 Å². The summed E-state index contributed by atoms with van der Waals surface area (Å²) in [5.41, 5.74) is 0.582. The standard InChI is InChI=1S/C26H42O4.C18H36O2.Zn/c1-21(2)15-9-5-7-13-19-29-25(27)23-17-11-12-18-24(23)26(28)30-20-14-8-6-10-16-22(3)4;1-2-3-4-5-6-7-8-9-10-11-12-13-14-15-16-17-18(19)20;/h11-12,17-18,21-22H,5-10,13-16,19-20H2,1-4H3;2-17H2,1H3,(H,19,20);. The van der Waals surface area contributed by atoms with E-state index in [1.54, 1.807) is 24.3 Å². The van der Waals surface area contributed by atoms with Crippen molar-refractivity contribution in [3.05, 3.63) is 35.4 Å². The SMILES string of the molecule is CC(C)CCCCCCOC(=O)c1ccccc1C(=O)OCCCCCCC(C)C.CCCCCCCCCCCCCCCCCC(=O)O.[Zn]. The van der Waals surface area contributed by atoms with Crippen LogP contribution in [0, 0.1) is 11.8 Å². The number of rotatable bonds is 32. The van der Waals surface area contributed by atoms with E-state index in [1.807, 2.05) is 0 Å². The fourth-order valence-corrected chi connectivity index (χ4v) is 5.99. The van der Waals surface area contributed by atoms with Crippen LogP contribution in [-0.4, -0.2) is 36.2 Å². The first kappa shape index (κ1) is 51.4. The molecule has 0 atom stereocenters. The number of hydrogen-bond donors (Lipinski definition) is 1. The van der Waals surface area contributed by atoms with Crippen molar-refractivity contribution in [1.82, 2.24) is 0 Å². The van der Waals surface area contributed by atoms with Crippen LogP contribution in [0.2, 0.25) is 0 Å². The molecule has 1 aromatic carbocycles. The predicted molar refractivity (Wildman–Crippen MR) is 210 cm³/mol. The molecule has 0 saturated heterocycles. The van der Waals surface area contributed by atoms with E-state index in [-0.39, 0.29) is 19.5 Å². The van der Waals surface area contributed by atoms with E-state index in [0.717, 1.165) is 63.2 Å². The number of benzene rings is 1. The minimum Gasteiger partial charge on any atom is -0.481 e. The molecule has 0 fully saturated rings. The van der Waals surface area contributed by atoms with Crippen LogP contribution in [0.5, 0.6) is 0 Å². The Morgan fingerprint density at radius 3 is 1.16 bits per heavy atom. The molecule has 0 aromatic heterocycles. The van der Waals surface area contributed by atoms with Crippen molar-refractivity contribution < 1.29 is 48.4 Å². The number of carbonyl (C=O) groups is 3. The summed E-state index contributed by atoms with van der Waals surface area (Å²) >= 11 is 0. The number of aliphatic carboxylic acids is 1. The fourth-order valence-electron chi connectivity index (χ4n) is 5.99. The average Bonchev–Trinajstić information content (AvgIpc) is 3.08. The third-order valence-electron chi connectivity index (χ3n) is 9.18. The molecule has 292 valence electrons. The van der Waals surface area contributed by atoms with Crippen LogP contribution in [0.4, 0.5) is 0 Å². The van der Waals surface area contributed by atoms with Crippen LogP contribution in [-0.2, 0) is 33.7 Å². The van der Waals surface area contributed by atoms with E-state index >= 15 is 0 Å². The zero-order chi connectivity index (χ0) is 37.1. The maximum atomic E-state index is 12.4. The van der Waals surface area contributed by atoms with Gasteiger partial charge in [-0.3, -0.25) is 4.79 Å². The van der Waals surface area contributed by atoms with Gasteiger partial charge in [0.2, 0.25) is 0 Å². The van der Waals surface area contributed by atoms with Crippen molar-refractivity contribution in [3.8, 4) is 0 Å². The number of carboxylic acids is 1. The monoisotopic (exact) mass is 767 g/mol. The minimum absolute atomic E-state index is 0. The third-order valence-corrected chi connectivity index (χ3v) is 9.18. The van der Waals surface area contributed by atoms with Gasteiger partial charge in [-0.2, -0.15) is 0 Å².